The highest BCUT2D eigenvalue weighted by Crippen LogP contribution is 2.33. The van der Waals surface area contributed by atoms with E-state index in [1.54, 1.807) is 0 Å². The number of ketones is 1. The van der Waals surface area contributed by atoms with Crippen LogP contribution in [-0.2, 0) is 16.0 Å². The number of allylic oxidation sites excluding steroid dienone is 2. The smallest absolute Gasteiger partial charge is 0.312 e. The van der Waals surface area contributed by atoms with Crippen LogP contribution in [0.1, 0.15) is 64.5 Å². The van der Waals surface area contributed by atoms with E-state index in [2.05, 4.69) is 42.7 Å². The van der Waals surface area contributed by atoms with Crippen molar-refractivity contribution in [1.82, 2.24) is 10.6 Å². The molecule has 2 atom stereocenters. The highest BCUT2D eigenvalue weighted by atomic mass is 16.2. The standard InChI is InChI=1S/C25H37N3O3/c1-16(2)14-20(15-19-12-11-18-8-5-6-9-21(18)19)24(30)28-22(23(29)17(3)4)10-7-13-27-25(26)31/h5-6,8-9,12,16-17,20,22H,7,10-11,13-15H2,1-4H3,(H,28,30)(H3,26,27,31)/t20-,22-/m0/s1. The molecule has 0 aliphatic heterocycles. The molecule has 0 radical (unpaired) electrons. The van der Waals surface area contributed by atoms with E-state index in [4.69, 9.17) is 5.73 Å². The first-order chi connectivity index (χ1) is 14.7. The molecule has 0 saturated carbocycles. The van der Waals surface area contributed by atoms with Crippen LogP contribution in [0.15, 0.2) is 30.3 Å². The van der Waals surface area contributed by atoms with Gasteiger partial charge in [-0.25, -0.2) is 4.79 Å². The van der Waals surface area contributed by atoms with E-state index in [0.717, 1.165) is 12.8 Å². The van der Waals surface area contributed by atoms with Crippen LogP contribution in [0, 0.1) is 17.8 Å². The fraction of sp³-hybridized carbons (Fsp3) is 0.560. The summed E-state index contributed by atoms with van der Waals surface area (Å²) >= 11 is 0. The fourth-order valence-electron chi connectivity index (χ4n) is 4.16. The van der Waals surface area contributed by atoms with Crippen LogP contribution < -0.4 is 16.4 Å². The van der Waals surface area contributed by atoms with Gasteiger partial charge in [0.1, 0.15) is 0 Å². The minimum atomic E-state index is -0.585. The number of nitrogens with one attached hydrogen (secondary N) is 2. The Morgan fingerprint density at radius 1 is 1.10 bits per heavy atom. The Labute approximate surface area is 186 Å². The zero-order valence-electron chi connectivity index (χ0n) is 19.2. The predicted molar refractivity (Wildman–Crippen MR) is 124 cm³/mol. The Kier molecular flexibility index (Phi) is 9.28. The molecule has 0 heterocycles. The summed E-state index contributed by atoms with van der Waals surface area (Å²) in [5.41, 5.74) is 8.85. The van der Waals surface area contributed by atoms with Gasteiger partial charge in [-0.2, -0.15) is 0 Å². The summed E-state index contributed by atoms with van der Waals surface area (Å²) in [6.07, 6.45) is 5.60. The van der Waals surface area contributed by atoms with E-state index in [1.165, 1.54) is 16.7 Å². The summed E-state index contributed by atoms with van der Waals surface area (Å²) in [6, 6.07) is 7.19. The van der Waals surface area contributed by atoms with Gasteiger partial charge in [-0.1, -0.05) is 58.0 Å². The Hall–Kier alpha value is -2.63. The molecule has 0 spiro atoms. The molecule has 6 heteroatoms. The van der Waals surface area contributed by atoms with Crippen molar-refractivity contribution in [3.05, 3.63) is 41.5 Å². The molecule has 0 saturated heterocycles. The van der Waals surface area contributed by atoms with Crippen molar-refractivity contribution in [2.75, 3.05) is 6.54 Å². The van der Waals surface area contributed by atoms with Gasteiger partial charge in [-0.3, -0.25) is 9.59 Å². The number of hydrogen-bond acceptors (Lipinski definition) is 3. The van der Waals surface area contributed by atoms with E-state index < -0.39 is 12.1 Å². The maximum atomic E-state index is 13.3. The number of primary amides is 1. The topological polar surface area (TPSA) is 101 Å². The molecule has 1 aliphatic rings. The number of fused-ring (bicyclic) bond motifs is 1. The van der Waals surface area contributed by atoms with Crippen LogP contribution in [0.3, 0.4) is 0 Å². The Balaban J connectivity index is 2.08. The molecule has 1 aromatic carbocycles. The summed E-state index contributed by atoms with van der Waals surface area (Å²) in [6.45, 7) is 8.29. The normalized spacial score (nSPS) is 14.7. The quantitative estimate of drug-likeness (QED) is 0.442. The molecular weight excluding hydrogens is 390 g/mol. The van der Waals surface area contributed by atoms with Crippen LogP contribution >= 0.6 is 0 Å². The van der Waals surface area contributed by atoms with E-state index in [9.17, 15) is 14.4 Å². The van der Waals surface area contributed by atoms with E-state index in [0.29, 0.717) is 31.7 Å². The van der Waals surface area contributed by atoms with Crippen LogP contribution in [0.5, 0.6) is 0 Å². The largest absolute Gasteiger partial charge is 0.352 e. The fourth-order valence-corrected chi connectivity index (χ4v) is 4.16. The maximum Gasteiger partial charge on any atom is 0.312 e. The van der Waals surface area contributed by atoms with Crippen molar-refractivity contribution in [3.8, 4) is 0 Å². The lowest BCUT2D eigenvalue weighted by Gasteiger charge is -2.25. The maximum absolute atomic E-state index is 13.3. The average molecular weight is 428 g/mol. The minimum Gasteiger partial charge on any atom is -0.352 e. The monoisotopic (exact) mass is 427 g/mol. The second kappa shape index (κ2) is 11.7. The van der Waals surface area contributed by atoms with Crippen molar-refractivity contribution < 1.29 is 14.4 Å². The van der Waals surface area contributed by atoms with Crippen LogP contribution in [0.25, 0.3) is 5.57 Å². The van der Waals surface area contributed by atoms with Gasteiger partial charge in [-0.15, -0.1) is 0 Å². The van der Waals surface area contributed by atoms with Crippen molar-refractivity contribution in [1.29, 1.82) is 0 Å². The molecule has 0 fully saturated rings. The average Bonchev–Trinajstić information content (AvgIpc) is 3.11. The lowest BCUT2D eigenvalue weighted by Crippen LogP contribution is -2.46. The number of Topliss-reactive ketones (excluding diaryl/α,β-unsaturated/α-hetero) is 1. The molecule has 3 amide bonds. The molecule has 0 unspecified atom stereocenters. The third-order valence-electron chi connectivity index (χ3n) is 5.72. The Morgan fingerprint density at radius 3 is 2.45 bits per heavy atom. The van der Waals surface area contributed by atoms with Gasteiger partial charge in [-0.05, 0) is 54.7 Å². The van der Waals surface area contributed by atoms with Gasteiger partial charge in [0.25, 0.3) is 0 Å². The van der Waals surface area contributed by atoms with Gasteiger partial charge < -0.3 is 16.4 Å². The van der Waals surface area contributed by atoms with Crippen molar-refractivity contribution in [2.24, 2.45) is 23.5 Å². The first-order valence-corrected chi connectivity index (χ1v) is 11.3. The van der Waals surface area contributed by atoms with Crippen molar-refractivity contribution in [2.45, 2.75) is 65.8 Å². The second-order valence-corrected chi connectivity index (χ2v) is 9.17. The van der Waals surface area contributed by atoms with Gasteiger partial charge in [0.05, 0.1) is 6.04 Å². The number of urea groups is 1. The molecule has 2 rings (SSSR count). The zero-order valence-corrected chi connectivity index (χ0v) is 19.2. The number of rotatable bonds is 12. The minimum absolute atomic E-state index is 0.0150. The number of nitrogens with two attached hydrogens (primary N) is 1. The van der Waals surface area contributed by atoms with Crippen molar-refractivity contribution in [3.63, 3.8) is 0 Å². The third kappa shape index (κ3) is 7.53. The molecule has 6 nitrogen and oxygen atoms in total. The number of benzene rings is 1. The number of hydrogen-bond donors (Lipinski definition) is 3. The number of amides is 3. The zero-order chi connectivity index (χ0) is 23.0. The Bertz CT molecular complexity index is 814. The van der Waals surface area contributed by atoms with Gasteiger partial charge >= 0.3 is 6.03 Å². The number of carbonyl (C=O) groups is 3. The third-order valence-corrected chi connectivity index (χ3v) is 5.72. The molecule has 1 aromatic rings. The highest BCUT2D eigenvalue weighted by Gasteiger charge is 2.29. The van der Waals surface area contributed by atoms with E-state index >= 15 is 0 Å². The summed E-state index contributed by atoms with van der Waals surface area (Å²) in [5.74, 6) is -0.0556. The second-order valence-electron chi connectivity index (χ2n) is 9.17. The molecule has 1 aliphatic carbocycles. The molecular formula is C25H37N3O3. The summed E-state index contributed by atoms with van der Waals surface area (Å²) < 4.78 is 0. The highest BCUT2D eigenvalue weighted by molar-refractivity contribution is 5.91. The molecule has 0 aromatic heterocycles. The first-order valence-electron chi connectivity index (χ1n) is 11.3. The SMILES string of the molecule is CC(C)C[C@@H](CC1=CCc2ccccc21)C(=O)N[C@@H](CCCNC(N)=O)C(=O)C(C)C. The van der Waals surface area contributed by atoms with E-state index in [-0.39, 0.29) is 23.5 Å². The predicted octanol–water partition coefficient (Wildman–Crippen LogP) is 3.84. The Morgan fingerprint density at radius 2 is 1.81 bits per heavy atom. The lowest BCUT2D eigenvalue weighted by atomic mass is 9.87. The van der Waals surface area contributed by atoms with Gasteiger partial charge in [0, 0.05) is 18.4 Å². The van der Waals surface area contributed by atoms with Crippen molar-refractivity contribution >= 4 is 23.3 Å². The van der Waals surface area contributed by atoms with Crippen LogP contribution in [0.2, 0.25) is 0 Å². The molecule has 170 valence electrons. The summed E-state index contributed by atoms with van der Waals surface area (Å²) in [4.78, 5) is 36.9. The van der Waals surface area contributed by atoms with Gasteiger partial charge in [0.15, 0.2) is 5.78 Å². The van der Waals surface area contributed by atoms with Crippen LogP contribution in [0.4, 0.5) is 4.79 Å². The number of carbonyl (C=O) groups excluding carboxylic acids is 3. The van der Waals surface area contributed by atoms with Crippen LogP contribution in [-0.4, -0.2) is 30.3 Å². The molecule has 0 bridgehead atoms. The summed E-state index contributed by atoms with van der Waals surface area (Å²) in [7, 11) is 0. The summed E-state index contributed by atoms with van der Waals surface area (Å²) in [5, 5.41) is 5.57. The van der Waals surface area contributed by atoms with Gasteiger partial charge in [0.2, 0.25) is 5.91 Å². The first kappa shape index (κ1) is 24.6. The lowest BCUT2D eigenvalue weighted by molar-refractivity contribution is -0.131. The molecule has 31 heavy (non-hydrogen) atoms. The van der Waals surface area contributed by atoms with E-state index in [1.807, 2.05) is 26.0 Å². The molecule has 4 N–H and O–H groups in total.